The fourth-order valence-electron chi connectivity index (χ4n) is 2.42. The molecule has 0 aliphatic carbocycles. The van der Waals surface area contributed by atoms with Crippen molar-refractivity contribution in [1.29, 1.82) is 0 Å². The Bertz CT molecular complexity index is 942. The van der Waals surface area contributed by atoms with E-state index >= 15 is 0 Å². The molecule has 4 rings (SSSR count). The van der Waals surface area contributed by atoms with Gasteiger partial charge in [-0.2, -0.15) is 0 Å². The molecule has 0 spiro atoms. The highest BCUT2D eigenvalue weighted by molar-refractivity contribution is 7.15. The highest BCUT2D eigenvalue weighted by Gasteiger charge is 2.16. The molecule has 6 heteroatoms. The van der Waals surface area contributed by atoms with Gasteiger partial charge in [0.25, 0.3) is 0 Å². The van der Waals surface area contributed by atoms with Gasteiger partial charge in [-0.25, -0.2) is 9.37 Å². The number of nitrogens with zero attached hydrogens (tertiary/aromatic N) is 3. The van der Waals surface area contributed by atoms with Crippen LogP contribution in [0.1, 0.15) is 0 Å². The van der Waals surface area contributed by atoms with Gasteiger partial charge in [0, 0.05) is 28.9 Å². The fourth-order valence-corrected chi connectivity index (χ4v) is 3.32. The van der Waals surface area contributed by atoms with E-state index in [1.807, 2.05) is 21.9 Å². The van der Waals surface area contributed by atoms with Crippen molar-refractivity contribution >= 4 is 22.1 Å². The first kappa shape index (κ1) is 13.0. The van der Waals surface area contributed by atoms with Gasteiger partial charge in [-0.1, -0.05) is 0 Å². The van der Waals surface area contributed by atoms with E-state index in [0.717, 1.165) is 21.8 Å². The van der Waals surface area contributed by atoms with E-state index in [0.29, 0.717) is 11.5 Å². The maximum Gasteiger partial charge on any atom is 0.196 e. The molecule has 2 N–H and O–H groups in total. The first-order chi connectivity index (χ1) is 10.7. The molecule has 0 aliphatic heterocycles. The molecule has 4 aromatic rings. The van der Waals surface area contributed by atoms with Gasteiger partial charge in [0.1, 0.15) is 17.3 Å². The topological polar surface area (TPSA) is 56.2 Å². The fraction of sp³-hybridized carbons (Fsp3) is 0. The average molecular weight is 310 g/mol. The molecule has 0 unspecified atom stereocenters. The largest absolute Gasteiger partial charge is 0.383 e. The summed E-state index contributed by atoms with van der Waals surface area (Å²) in [7, 11) is 0. The van der Waals surface area contributed by atoms with E-state index < -0.39 is 0 Å². The quantitative estimate of drug-likeness (QED) is 0.612. The predicted octanol–water partition coefficient (Wildman–Crippen LogP) is 3.85. The number of thiazole rings is 1. The number of aromatic nitrogens is 3. The predicted molar refractivity (Wildman–Crippen MR) is 86.1 cm³/mol. The summed E-state index contributed by atoms with van der Waals surface area (Å²) in [6, 6.07) is 10.0. The molecule has 0 fully saturated rings. The molecule has 108 valence electrons. The zero-order valence-corrected chi connectivity index (χ0v) is 12.2. The number of benzene rings is 1. The van der Waals surface area contributed by atoms with Gasteiger partial charge in [0.05, 0.1) is 5.69 Å². The minimum absolute atomic E-state index is 0.278. The second-order valence-corrected chi connectivity index (χ2v) is 5.67. The lowest BCUT2D eigenvalue weighted by Crippen LogP contribution is -1.95. The first-order valence-electron chi connectivity index (χ1n) is 6.66. The Morgan fingerprint density at radius 3 is 2.64 bits per heavy atom. The molecule has 0 amide bonds. The van der Waals surface area contributed by atoms with E-state index in [9.17, 15) is 4.39 Å². The van der Waals surface area contributed by atoms with Crippen LogP contribution in [0.4, 0.5) is 10.2 Å². The monoisotopic (exact) mass is 310 g/mol. The van der Waals surface area contributed by atoms with Crippen LogP contribution in [0, 0.1) is 5.82 Å². The van der Waals surface area contributed by atoms with Gasteiger partial charge in [-0.15, -0.1) is 11.3 Å². The second kappa shape index (κ2) is 4.92. The molecule has 22 heavy (non-hydrogen) atoms. The van der Waals surface area contributed by atoms with Crippen molar-refractivity contribution in [3.63, 3.8) is 0 Å². The molecule has 0 saturated heterocycles. The summed E-state index contributed by atoms with van der Waals surface area (Å²) in [4.78, 5) is 9.51. The zero-order chi connectivity index (χ0) is 15.1. The van der Waals surface area contributed by atoms with Crippen LogP contribution in [0.25, 0.3) is 27.5 Å². The van der Waals surface area contributed by atoms with E-state index in [1.165, 1.54) is 23.5 Å². The number of nitrogens with two attached hydrogens (primary N) is 1. The molecular weight excluding hydrogens is 299 g/mol. The molecule has 3 aromatic heterocycles. The van der Waals surface area contributed by atoms with Gasteiger partial charge in [0.2, 0.25) is 0 Å². The minimum Gasteiger partial charge on any atom is -0.383 e. The van der Waals surface area contributed by atoms with E-state index in [-0.39, 0.29) is 5.82 Å². The van der Waals surface area contributed by atoms with Crippen molar-refractivity contribution in [2.45, 2.75) is 0 Å². The van der Waals surface area contributed by atoms with Crippen LogP contribution in [0.3, 0.4) is 0 Å². The maximum absolute atomic E-state index is 13.1. The number of halogens is 1. The molecule has 0 radical (unpaired) electrons. The summed E-state index contributed by atoms with van der Waals surface area (Å²) in [5, 5.41) is 2.00. The van der Waals surface area contributed by atoms with Crippen LogP contribution in [-0.4, -0.2) is 14.4 Å². The number of rotatable bonds is 2. The Morgan fingerprint density at radius 1 is 1.09 bits per heavy atom. The number of imidazole rings is 1. The van der Waals surface area contributed by atoms with Crippen LogP contribution in [-0.2, 0) is 0 Å². The average Bonchev–Trinajstić information content (AvgIpc) is 3.10. The summed E-state index contributed by atoms with van der Waals surface area (Å²) in [5.74, 6) is 0.265. The van der Waals surface area contributed by atoms with Crippen molar-refractivity contribution in [3.05, 3.63) is 60.0 Å². The van der Waals surface area contributed by atoms with Crippen molar-refractivity contribution < 1.29 is 4.39 Å². The lowest BCUT2D eigenvalue weighted by atomic mass is 10.1. The Balaban J connectivity index is 1.92. The number of fused-ring (bicyclic) bond motifs is 1. The number of hydrogen-bond donors (Lipinski definition) is 1. The Morgan fingerprint density at radius 2 is 1.91 bits per heavy atom. The van der Waals surface area contributed by atoms with Gasteiger partial charge in [-0.3, -0.25) is 9.38 Å². The normalized spacial score (nSPS) is 11.1. The molecule has 0 aliphatic rings. The molecule has 0 atom stereocenters. The molecule has 0 saturated carbocycles. The highest BCUT2D eigenvalue weighted by Crippen LogP contribution is 2.34. The third-order valence-electron chi connectivity index (χ3n) is 3.47. The van der Waals surface area contributed by atoms with Crippen LogP contribution in [0.15, 0.2) is 54.2 Å². The summed E-state index contributed by atoms with van der Waals surface area (Å²) >= 11 is 1.51. The van der Waals surface area contributed by atoms with E-state index in [2.05, 4.69) is 9.97 Å². The standard InChI is InChI=1S/C16H11FN4S/c17-12-5-3-10(4-6-12)14-15(18)21-13(9-22-16(21)20-14)11-2-1-7-19-8-11/h1-9H,18H2. The number of hydrogen-bond acceptors (Lipinski definition) is 4. The number of anilines is 1. The van der Waals surface area contributed by atoms with Crippen LogP contribution in [0.5, 0.6) is 0 Å². The van der Waals surface area contributed by atoms with Crippen LogP contribution < -0.4 is 5.73 Å². The van der Waals surface area contributed by atoms with Gasteiger partial charge >= 0.3 is 0 Å². The Hall–Kier alpha value is -2.73. The van der Waals surface area contributed by atoms with Crippen LogP contribution in [0.2, 0.25) is 0 Å². The van der Waals surface area contributed by atoms with Gasteiger partial charge in [-0.05, 0) is 36.4 Å². The Labute approximate surface area is 129 Å². The molecular formula is C16H11FN4S. The molecule has 3 heterocycles. The third kappa shape index (κ3) is 1.96. The summed E-state index contributed by atoms with van der Waals surface area (Å²) in [6.07, 6.45) is 3.52. The van der Waals surface area contributed by atoms with Gasteiger partial charge < -0.3 is 5.73 Å². The minimum atomic E-state index is -0.278. The maximum atomic E-state index is 13.1. The van der Waals surface area contributed by atoms with Crippen LogP contribution >= 0.6 is 11.3 Å². The van der Waals surface area contributed by atoms with Crippen molar-refractivity contribution in [1.82, 2.24) is 14.4 Å². The first-order valence-corrected chi connectivity index (χ1v) is 7.54. The van der Waals surface area contributed by atoms with Crippen molar-refractivity contribution in [2.24, 2.45) is 0 Å². The molecule has 0 bridgehead atoms. The SMILES string of the molecule is Nc1c(-c2ccc(F)cc2)nc2scc(-c3cccnc3)n12. The van der Waals surface area contributed by atoms with Crippen molar-refractivity contribution in [2.75, 3.05) is 5.73 Å². The Kier molecular flexibility index (Phi) is 2.90. The summed E-state index contributed by atoms with van der Waals surface area (Å²) in [5.41, 5.74) is 9.67. The lowest BCUT2D eigenvalue weighted by molar-refractivity contribution is 0.628. The molecule has 4 nitrogen and oxygen atoms in total. The van der Waals surface area contributed by atoms with E-state index in [4.69, 9.17) is 5.73 Å². The third-order valence-corrected chi connectivity index (χ3v) is 4.30. The van der Waals surface area contributed by atoms with E-state index in [1.54, 1.807) is 24.5 Å². The van der Waals surface area contributed by atoms with Crippen molar-refractivity contribution in [3.8, 4) is 22.5 Å². The zero-order valence-electron chi connectivity index (χ0n) is 11.4. The van der Waals surface area contributed by atoms with Gasteiger partial charge in [0.15, 0.2) is 4.96 Å². The smallest absolute Gasteiger partial charge is 0.196 e. The lowest BCUT2D eigenvalue weighted by Gasteiger charge is -2.02. The summed E-state index contributed by atoms with van der Waals surface area (Å²) in [6.45, 7) is 0. The summed E-state index contributed by atoms with van der Waals surface area (Å²) < 4.78 is 15.0. The second-order valence-electron chi connectivity index (χ2n) is 4.83. The molecule has 1 aromatic carbocycles. The number of pyridine rings is 1. The number of nitrogen functional groups attached to an aromatic ring is 1. The highest BCUT2D eigenvalue weighted by atomic mass is 32.1.